The minimum atomic E-state index is -0.0539. The third-order valence-electron chi connectivity index (χ3n) is 8.38. The van der Waals surface area contributed by atoms with Crippen molar-refractivity contribution in [3.8, 4) is 22.5 Å². The number of carbonyl (C=O) groups excluding carboxylic acids is 1. The Labute approximate surface area is 256 Å². The number of carbonyl (C=O) groups is 1. The van der Waals surface area contributed by atoms with Gasteiger partial charge in [-0.25, -0.2) is 14.9 Å². The highest BCUT2D eigenvalue weighted by molar-refractivity contribution is 6.31. The SMILES string of the molecule is CCCCc1nc2ccc(N(C)C(=O)NC3CCCCC3)cc2n1Cc1ccc(-c2ccc(Cl)cc2-c2nnn[nH]2)cc1. The van der Waals surface area contributed by atoms with Crippen molar-refractivity contribution in [1.29, 1.82) is 0 Å². The number of hydrogen-bond acceptors (Lipinski definition) is 5. The van der Waals surface area contributed by atoms with Crippen LogP contribution in [0.2, 0.25) is 5.02 Å². The van der Waals surface area contributed by atoms with Gasteiger partial charge < -0.3 is 9.88 Å². The van der Waals surface area contributed by atoms with E-state index in [1.165, 1.54) is 19.3 Å². The number of H-pyrrole nitrogens is 1. The lowest BCUT2D eigenvalue weighted by molar-refractivity contribution is 0.239. The van der Waals surface area contributed by atoms with Gasteiger partial charge in [0.05, 0.1) is 11.0 Å². The van der Waals surface area contributed by atoms with E-state index in [9.17, 15) is 4.79 Å². The highest BCUT2D eigenvalue weighted by atomic mass is 35.5. The minimum absolute atomic E-state index is 0.0539. The number of unbranched alkanes of at least 4 members (excludes halogenated alkanes) is 1. The number of rotatable bonds is 9. The number of fused-ring (bicyclic) bond motifs is 1. The van der Waals surface area contributed by atoms with Crippen molar-refractivity contribution < 1.29 is 4.79 Å². The van der Waals surface area contributed by atoms with Gasteiger partial charge in [0.15, 0.2) is 5.82 Å². The van der Waals surface area contributed by atoms with Crippen LogP contribution in [0.15, 0.2) is 60.7 Å². The summed E-state index contributed by atoms with van der Waals surface area (Å²) in [4.78, 5) is 19.8. The summed E-state index contributed by atoms with van der Waals surface area (Å²) in [7, 11) is 1.84. The topological polar surface area (TPSA) is 105 Å². The van der Waals surface area contributed by atoms with E-state index in [4.69, 9.17) is 16.6 Å². The van der Waals surface area contributed by atoms with Crippen LogP contribution in [0.1, 0.15) is 63.3 Å². The van der Waals surface area contributed by atoms with Gasteiger partial charge in [0.1, 0.15) is 5.82 Å². The van der Waals surface area contributed by atoms with Crippen LogP contribution in [0.25, 0.3) is 33.5 Å². The van der Waals surface area contributed by atoms with Crippen molar-refractivity contribution in [3.05, 3.63) is 77.1 Å². The molecule has 10 heteroatoms. The molecule has 0 saturated heterocycles. The van der Waals surface area contributed by atoms with Crippen LogP contribution in [0.4, 0.5) is 10.5 Å². The van der Waals surface area contributed by atoms with Crippen molar-refractivity contribution in [1.82, 2.24) is 35.5 Å². The predicted molar refractivity (Wildman–Crippen MR) is 171 cm³/mol. The van der Waals surface area contributed by atoms with Crippen LogP contribution >= 0.6 is 11.6 Å². The normalized spacial score (nSPS) is 13.8. The first-order valence-corrected chi connectivity index (χ1v) is 15.5. The second-order valence-corrected chi connectivity index (χ2v) is 11.8. The van der Waals surface area contributed by atoms with Gasteiger partial charge in [0.2, 0.25) is 0 Å². The number of halogens is 1. The zero-order valence-electron chi connectivity index (χ0n) is 24.7. The van der Waals surface area contributed by atoms with E-state index < -0.39 is 0 Å². The summed E-state index contributed by atoms with van der Waals surface area (Å²) >= 11 is 6.30. The van der Waals surface area contributed by atoms with Crippen LogP contribution in [-0.4, -0.2) is 49.3 Å². The number of benzene rings is 3. The van der Waals surface area contributed by atoms with Crippen molar-refractivity contribution in [3.63, 3.8) is 0 Å². The molecule has 2 heterocycles. The first-order chi connectivity index (χ1) is 21.0. The number of tetrazole rings is 1. The van der Waals surface area contributed by atoms with Crippen LogP contribution in [0, 0.1) is 0 Å². The summed E-state index contributed by atoms with van der Waals surface area (Å²) < 4.78 is 2.30. The Bertz CT molecular complexity index is 1690. The molecule has 0 bridgehead atoms. The molecule has 2 N–H and O–H groups in total. The molecule has 1 fully saturated rings. The third kappa shape index (κ3) is 6.41. The second kappa shape index (κ2) is 13.0. The molecule has 9 nitrogen and oxygen atoms in total. The number of anilines is 1. The van der Waals surface area contributed by atoms with E-state index >= 15 is 0 Å². The molecule has 6 rings (SSSR count). The average Bonchev–Trinajstić information content (AvgIpc) is 3.69. The standard InChI is InChI=1S/C33H37ClN8O/c1-3-4-10-31-36-29-18-16-26(41(2)33(43)35-25-8-6-5-7-9-25)20-30(29)42(31)21-22-11-13-23(14-12-22)27-17-15-24(34)19-28(27)32-37-39-40-38-32/h11-20,25H,3-10,21H2,1-2H3,(H,35,43)(H,37,38,39,40). The lowest BCUT2D eigenvalue weighted by Gasteiger charge is -2.26. The molecule has 1 saturated carbocycles. The number of amides is 2. The van der Waals surface area contributed by atoms with Gasteiger partial charge in [-0.1, -0.05) is 74.5 Å². The maximum atomic E-state index is 13.1. The van der Waals surface area contributed by atoms with Crippen LogP contribution in [-0.2, 0) is 13.0 Å². The molecule has 3 aromatic carbocycles. The van der Waals surface area contributed by atoms with Gasteiger partial charge in [-0.15, -0.1) is 5.10 Å². The maximum absolute atomic E-state index is 13.1. The van der Waals surface area contributed by atoms with Crippen molar-refractivity contribution in [2.45, 2.75) is 70.9 Å². The van der Waals surface area contributed by atoms with Gasteiger partial charge in [-0.3, -0.25) is 4.90 Å². The average molecular weight is 597 g/mol. The van der Waals surface area contributed by atoms with E-state index in [0.29, 0.717) is 17.4 Å². The van der Waals surface area contributed by atoms with E-state index in [1.807, 2.05) is 37.4 Å². The highest BCUT2D eigenvalue weighted by Crippen LogP contribution is 2.33. The van der Waals surface area contributed by atoms with Gasteiger partial charge in [0.25, 0.3) is 0 Å². The monoisotopic (exact) mass is 596 g/mol. The molecule has 43 heavy (non-hydrogen) atoms. The molecule has 2 aromatic heterocycles. The van der Waals surface area contributed by atoms with Crippen LogP contribution in [0.5, 0.6) is 0 Å². The Hall–Kier alpha value is -4.24. The fourth-order valence-corrected chi connectivity index (χ4v) is 6.09. The predicted octanol–water partition coefficient (Wildman–Crippen LogP) is 7.41. The Morgan fingerprint density at radius 2 is 1.86 bits per heavy atom. The Kier molecular flexibility index (Phi) is 8.69. The smallest absolute Gasteiger partial charge is 0.321 e. The largest absolute Gasteiger partial charge is 0.335 e. The van der Waals surface area contributed by atoms with Crippen molar-refractivity contribution >= 4 is 34.4 Å². The fourth-order valence-electron chi connectivity index (χ4n) is 5.92. The molecule has 0 radical (unpaired) electrons. The Morgan fingerprint density at radius 1 is 1.05 bits per heavy atom. The van der Waals surface area contributed by atoms with Gasteiger partial charge in [-0.2, -0.15) is 0 Å². The van der Waals surface area contributed by atoms with E-state index in [0.717, 1.165) is 76.9 Å². The summed E-state index contributed by atoms with van der Waals surface area (Å²) in [5, 5.41) is 18.2. The molecule has 0 unspecified atom stereocenters. The number of aromatic nitrogens is 6. The molecule has 2 amide bonds. The highest BCUT2D eigenvalue weighted by Gasteiger charge is 2.20. The van der Waals surface area contributed by atoms with E-state index in [2.05, 4.69) is 67.8 Å². The zero-order valence-corrected chi connectivity index (χ0v) is 25.4. The Balaban J connectivity index is 1.28. The van der Waals surface area contributed by atoms with Gasteiger partial charge >= 0.3 is 6.03 Å². The number of imidazole rings is 1. The lowest BCUT2D eigenvalue weighted by atomic mass is 9.96. The quantitative estimate of drug-likeness (QED) is 0.184. The molecular formula is C33H37ClN8O. The van der Waals surface area contributed by atoms with E-state index in [1.54, 1.807) is 4.90 Å². The molecule has 0 aliphatic heterocycles. The first kappa shape index (κ1) is 28.9. The van der Waals surface area contributed by atoms with Crippen LogP contribution in [0.3, 0.4) is 0 Å². The Morgan fingerprint density at radius 3 is 2.60 bits per heavy atom. The number of urea groups is 1. The molecule has 0 atom stereocenters. The van der Waals surface area contributed by atoms with E-state index in [-0.39, 0.29) is 12.1 Å². The molecule has 5 aromatic rings. The first-order valence-electron chi connectivity index (χ1n) is 15.2. The summed E-state index contributed by atoms with van der Waals surface area (Å²) in [6, 6.07) is 20.6. The van der Waals surface area contributed by atoms with Crippen LogP contribution < -0.4 is 10.2 Å². The third-order valence-corrected chi connectivity index (χ3v) is 8.61. The van der Waals surface area contributed by atoms with Gasteiger partial charge in [-0.05, 0) is 76.7 Å². The number of nitrogens with one attached hydrogen (secondary N) is 2. The molecule has 0 spiro atoms. The van der Waals surface area contributed by atoms with Crippen molar-refractivity contribution in [2.75, 3.05) is 11.9 Å². The second-order valence-electron chi connectivity index (χ2n) is 11.4. The number of aromatic amines is 1. The maximum Gasteiger partial charge on any atom is 0.321 e. The number of nitrogens with zero attached hydrogens (tertiary/aromatic N) is 6. The van der Waals surface area contributed by atoms with Gasteiger partial charge in [0, 0.05) is 42.3 Å². The summed E-state index contributed by atoms with van der Waals surface area (Å²) in [5.41, 5.74) is 6.87. The lowest BCUT2D eigenvalue weighted by Crippen LogP contribution is -2.43. The fraction of sp³-hybridized carbons (Fsp3) is 0.364. The van der Waals surface area contributed by atoms with Crippen molar-refractivity contribution in [2.24, 2.45) is 0 Å². The summed E-state index contributed by atoms with van der Waals surface area (Å²) in [5.74, 6) is 1.63. The zero-order chi connectivity index (χ0) is 29.8. The summed E-state index contributed by atoms with van der Waals surface area (Å²) in [6.07, 6.45) is 8.79. The summed E-state index contributed by atoms with van der Waals surface area (Å²) in [6.45, 7) is 2.88. The number of aryl methyl sites for hydroxylation is 1. The molecule has 1 aliphatic carbocycles. The molecule has 222 valence electrons. The molecular weight excluding hydrogens is 560 g/mol. The number of hydrogen-bond donors (Lipinski definition) is 2. The minimum Gasteiger partial charge on any atom is -0.335 e. The molecule has 1 aliphatic rings.